The van der Waals surface area contributed by atoms with Gasteiger partial charge in [-0.1, -0.05) is 12.8 Å². The summed E-state index contributed by atoms with van der Waals surface area (Å²) in [7, 11) is 0. The lowest BCUT2D eigenvalue weighted by Crippen LogP contribution is -2.33. The molecule has 1 N–H and O–H groups in total. The third-order valence-electron chi connectivity index (χ3n) is 3.62. The van der Waals surface area contributed by atoms with Crippen molar-refractivity contribution in [3.63, 3.8) is 0 Å². The first-order chi connectivity index (χ1) is 8.36. The monoisotopic (exact) mass is 252 g/mol. The van der Waals surface area contributed by atoms with Crippen LogP contribution in [0.5, 0.6) is 0 Å². The summed E-state index contributed by atoms with van der Waals surface area (Å²) in [6, 6.07) is 2.71. The highest BCUT2D eigenvalue weighted by atomic mass is 32.1. The quantitative estimate of drug-likeness (QED) is 0.865. The highest BCUT2D eigenvalue weighted by Crippen LogP contribution is 2.15. The summed E-state index contributed by atoms with van der Waals surface area (Å²) in [5, 5.41) is 8.01. The molecule has 1 aromatic rings. The van der Waals surface area contributed by atoms with E-state index in [2.05, 4.69) is 34.0 Å². The van der Waals surface area contributed by atoms with Gasteiger partial charge >= 0.3 is 0 Å². The zero-order valence-corrected chi connectivity index (χ0v) is 11.6. The van der Waals surface area contributed by atoms with E-state index in [1.165, 1.54) is 50.9 Å². The van der Waals surface area contributed by atoms with Gasteiger partial charge < -0.3 is 10.2 Å². The third-order valence-corrected chi connectivity index (χ3v) is 4.32. The third kappa shape index (κ3) is 4.41. The summed E-state index contributed by atoms with van der Waals surface area (Å²) < 4.78 is 0. The van der Waals surface area contributed by atoms with Crippen LogP contribution in [0.4, 0.5) is 0 Å². The van der Waals surface area contributed by atoms with Crippen LogP contribution in [0.25, 0.3) is 0 Å². The Bertz CT molecular complexity index is 289. The number of nitrogens with one attached hydrogen (secondary N) is 1. The summed E-state index contributed by atoms with van der Waals surface area (Å²) >= 11 is 1.78. The second-order valence-electron chi connectivity index (χ2n) is 4.99. The summed E-state index contributed by atoms with van der Waals surface area (Å²) in [5.41, 5.74) is 1.42. The van der Waals surface area contributed by atoms with Gasteiger partial charge in [0.05, 0.1) is 0 Å². The standard InChI is InChI=1S/C14H24N2S/c1-13(14-6-11-17-12-14)15-7-10-16-8-4-2-3-5-9-16/h6,11-13,15H,2-5,7-10H2,1H3. The topological polar surface area (TPSA) is 15.3 Å². The first-order valence-electron chi connectivity index (χ1n) is 6.84. The first kappa shape index (κ1) is 13.1. The maximum absolute atomic E-state index is 3.62. The Morgan fingerprint density at radius 1 is 1.29 bits per heavy atom. The van der Waals surface area contributed by atoms with Crippen molar-refractivity contribution < 1.29 is 0 Å². The maximum atomic E-state index is 3.62. The summed E-state index contributed by atoms with van der Waals surface area (Å²) in [4.78, 5) is 2.61. The van der Waals surface area contributed by atoms with Crippen molar-refractivity contribution in [1.29, 1.82) is 0 Å². The molecule has 1 aromatic heterocycles. The molecule has 1 fully saturated rings. The summed E-state index contributed by atoms with van der Waals surface area (Å²) in [6.07, 6.45) is 5.63. The molecule has 0 aromatic carbocycles. The van der Waals surface area contributed by atoms with Gasteiger partial charge in [0, 0.05) is 19.1 Å². The molecular formula is C14H24N2S. The molecule has 2 heterocycles. The molecule has 1 aliphatic rings. The van der Waals surface area contributed by atoms with Crippen molar-refractivity contribution in [2.75, 3.05) is 26.2 Å². The van der Waals surface area contributed by atoms with Gasteiger partial charge in [-0.2, -0.15) is 11.3 Å². The molecule has 0 saturated carbocycles. The van der Waals surface area contributed by atoms with Crippen molar-refractivity contribution in [1.82, 2.24) is 10.2 Å². The molecule has 2 nitrogen and oxygen atoms in total. The molecule has 0 bridgehead atoms. The van der Waals surface area contributed by atoms with Crippen LogP contribution >= 0.6 is 11.3 Å². The van der Waals surface area contributed by atoms with E-state index in [-0.39, 0.29) is 0 Å². The van der Waals surface area contributed by atoms with E-state index < -0.39 is 0 Å². The Kier molecular flexibility index (Phi) is 5.49. The minimum Gasteiger partial charge on any atom is -0.309 e. The van der Waals surface area contributed by atoms with E-state index in [1.807, 2.05) is 0 Å². The summed E-state index contributed by atoms with van der Waals surface area (Å²) in [6.45, 7) is 7.17. The highest BCUT2D eigenvalue weighted by Gasteiger charge is 2.09. The van der Waals surface area contributed by atoms with Crippen molar-refractivity contribution in [3.05, 3.63) is 22.4 Å². The largest absolute Gasteiger partial charge is 0.309 e. The van der Waals surface area contributed by atoms with E-state index in [1.54, 1.807) is 11.3 Å². The number of hydrogen-bond donors (Lipinski definition) is 1. The van der Waals surface area contributed by atoms with Crippen molar-refractivity contribution in [2.45, 2.75) is 38.6 Å². The molecule has 2 rings (SSSR count). The van der Waals surface area contributed by atoms with Gasteiger partial charge in [-0.05, 0) is 55.2 Å². The molecule has 1 saturated heterocycles. The Balaban J connectivity index is 1.65. The van der Waals surface area contributed by atoms with Gasteiger partial charge in [0.1, 0.15) is 0 Å². The van der Waals surface area contributed by atoms with Gasteiger partial charge in [-0.3, -0.25) is 0 Å². The van der Waals surface area contributed by atoms with Crippen molar-refractivity contribution >= 4 is 11.3 Å². The van der Waals surface area contributed by atoms with Gasteiger partial charge in [0.2, 0.25) is 0 Å². The molecule has 0 amide bonds. The molecule has 1 aliphatic heterocycles. The SMILES string of the molecule is CC(NCCN1CCCCCC1)c1ccsc1. The highest BCUT2D eigenvalue weighted by molar-refractivity contribution is 7.07. The number of thiophene rings is 1. The van der Waals surface area contributed by atoms with Gasteiger partial charge in [-0.15, -0.1) is 0 Å². The average Bonchev–Trinajstić information content (AvgIpc) is 2.75. The molecular weight excluding hydrogens is 228 g/mol. The molecule has 96 valence electrons. The van der Waals surface area contributed by atoms with Gasteiger partial charge in [0.15, 0.2) is 0 Å². The van der Waals surface area contributed by atoms with E-state index >= 15 is 0 Å². The molecule has 0 radical (unpaired) electrons. The molecule has 3 heteroatoms. The van der Waals surface area contributed by atoms with Crippen LogP contribution in [0.3, 0.4) is 0 Å². The Hall–Kier alpha value is -0.380. The predicted molar refractivity (Wildman–Crippen MR) is 75.6 cm³/mol. The van der Waals surface area contributed by atoms with Gasteiger partial charge in [0.25, 0.3) is 0 Å². The van der Waals surface area contributed by atoms with Crippen LogP contribution < -0.4 is 5.32 Å². The average molecular weight is 252 g/mol. The predicted octanol–water partition coefficient (Wildman–Crippen LogP) is 3.27. The van der Waals surface area contributed by atoms with Crippen molar-refractivity contribution in [3.8, 4) is 0 Å². The lowest BCUT2D eigenvalue weighted by molar-refractivity contribution is 0.280. The first-order valence-corrected chi connectivity index (χ1v) is 7.78. The number of nitrogens with zero attached hydrogens (tertiary/aromatic N) is 1. The zero-order chi connectivity index (χ0) is 11.9. The summed E-state index contributed by atoms with van der Waals surface area (Å²) in [5.74, 6) is 0. The van der Waals surface area contributed by atoms with Crippen LogP contribution in [0.1, 0.15) is 44.2 Å². The molecule has 17 heavy (non-hydrogen) atoms. The van der Waals surface area contributed by atoms with E-state index in [0.717, 1.165) is 6.54 Å². The zero-order valence-electron chi connectivity index (χ0n) is 10.8. The fourth-order valence-corrected chi connectivity index (χ4v) is 3.19. The lowest BCUT2D eigenvalue weighted by atomic mass is 10.2. The second-order valence-corrected chi connectivity index (χ2v) is 5.77. The maximum Gasteiger partial charge on any atom is 0.0300 e. The molecule has 0 spiro atoms. The normalized spacial score (nSPS) is 20.1. The minimum absolute atomic E-state index is 0.494. The van der Waals surface area contributed by atoms with Crippen molar-refractivity contribution in [2.24, 2.45) is 0 Å². The van der Waals surface area contributed by atoms with Crippen LogP contribution in [0, 0.1) is 0 Å². The molecule has 1 unspecified atom stereocenters. The fourth-order valence-electron chi connectivity index (χ4n) is 2.44. The number of hydrogen-bond acceptors (Lipinski definition) is 3. The smallest absolute Gasteiger partial charge is 0.0300 e. The number of likely N-dealkylation sites (tertiary alicyclic amines) is 1. The van der Waals surface area contributed by atoms with E-state index in [9.17, 15) is 0 Å². The lowest BCUT2D eigenvalue weighted by Gasteiger charge is -2.21. The van der Waals surface area contributed by atoms with Crippen LogP contribution in [0.15, 0.2) is 16.8 Å². The number of rotatable bonds is 5. The molecule has 0 aliphatic carbocycles. The van der Waals surface area contributed by atoms with Crippen LogP contribution in [0.2, 0.25) is 0 Å². The van der Waals surface area contributed by atoms with E-state index in [4.69, 9.17) is 0 Å². The van der Waals surface area contributed by atoms with Gasteiger partial charge in [-0.25, -0.2) is 0 Å². The Labute approximate surface area is 109 Å². The van der Waals surface area contributed by atoms with Crippen LogP contribution in [-0.2, 0) is 0 Å². The second kappa shape index (κ2) is 7.14. The Morgan fingerprint density at radius 2 is 2.06 bits per heavy atom. The Morgan fingerprint density at radius 3 is 2.71 bits per heavy atom. The van der Waals surface area contributed by atoms with Crippen LogP contribution in [-0.4, -0.2) is 31.1 Å². The van der Waals surface area contributed by atoms with E-state index in [0.29, 0.717) is 6.04 Å². The fraction of sp³-hybridized carbons (Fsp3) is 0.714. The minimum atomic E-state index is 0.494. The molecule has 1 atom stereocenters.